The van der Waals surface area contributed by atoms with Crippen molar-refractivity contribution in [2.24, 2.45) is 0 Å². The average Bonchev–Trinajstić information content (AvgIpc) is 4.07. The molecule has 0 atom stereocenters. The maximum absolute atomic E-state index is 12.7. The highest BCUT2D eigenvalue weighted by atomic mass is 127. The number of rotatable bonds is 9. The van der Waals surface area contributed by atoms with E-state index in [1.54, 1.807) is 82.3 Å². The highest BCUT2D eigenvalue weighted by molar-refractivity contribution is 14.1. The maximum atomic E-state index is 12.7. The molecule has 1 N–H and O–H groups in total. The highest BCUT2D eigenvalue weighted by Gasteiger charge is 2.22. The Morgan fingerprint density at radius 2 is 1.14 bits per heavy atom. The van der Waals surface area contributed by atoms with Crippen LogP contribution in [0.2, 0.25) is 10.3 Å². The van der Waals surface area contributed by atoms with Crippen molar-refractivity contribution < 1.29 is 34.9 Å². The quantitative estimate of drug-likeness (QED) is 0.0815. The molecule has 323 valence electrons. The van der Waals surface area contributed by atoms with Gasteiger partial charge in [-0.1, -0.05) is 69.9 Å². The topological polar surface area (TPSA) is 202 Å². The third-order valence-corrected chi connectivity index (χ3v) is 14.7. The standard InChI is InChI=1S/C20H13ClN4O3S2.C14H11BNO5S2.C6H3ClIN3/c1-12-2-4-14(5-3-12)30(26,27)28-16-11-22-9-13-8-17(29-20(13)16)15-10-23-19-7-6-18(21)24-25(15)19;1-9-2-4-11(5-3-9)23(18,19)21-12-8-16-7-10-6-13(20-15-17)22-14(10)12;7-4-1-2-6-9-3-5(8)11(6)10-4/h2-11H,1H3;2-8,17H,1H3;1-3H. The van der Waals surface area contributed by atoms with Gasteiger partial charge in [0, 0.05) is 23.2 Å². The van der Waals surface area contributed by atoms with Crippen molar-refractivity contribution in [1.82, 2.24) is 39.2 Å². The maximum Gasteiger partial charge on any atom is 0.569 e. The molecular weight excluding hydrogens is 1060 g/mol. The summed E-state index contributed by atoms with van der Waals surface area (Å²) in [6.45, 7) is 3.75. The van der Waals surface area contributed by atoms with E-state index in [0.29, 0.717) is 43.5 Å². The Hall–Kier alpha value is -5.47. The van der Waals surface area contributed by atoms with Crippen LogP contribution in [-0.4, -0.2) is 68.7 Å². The van der Waals surface area contributed by atoms with Crippen LogP contribution >= 0.6 is 68.5 Å². The van der Waals surface area contributed by atoms with Gasteiger partial charge in [0.1, 0.15) is 29.5 Å². The summed E-state index contributed by atoms with van der Waals surface area (Å²) in [5.74, 6) is 0.282. The van der Waals surface area contributed by atoms with Gasteiger partial charge in [-0.15, -0.1) is 11.3 Å². The van der Waals surface area contributed by atoms with Gasteiger partial charge < -0.3 is 18.0 Å². The van der Waals surface area contributed by atoms with E-state index in [2.05, 4.69) is 52.7 Å². The Balaban J connectivity index is 0.000000145. The van der Waals surface area contributed by atoms with Gasteiger partial charge in [-0.3, -0.25) is 9.97 Å². The second-order valence-corrected chi connectivity index (χ2v) is 20.3. The first-order valence-corrected chi connectivity index (χ1v) is 24.5. The molecule has 0 spiro atoms. The van der Waals surface area contributed by atoms with Crippen molar-refractivity contribution in [3.8, 4) is 27.1 Å². The molecule has 8 heterocycles. The predicted octanol–water partition coefficient (Wildman–Crippen LogP) is 9.00. The molecule has 10 rings (SSSR count). The molecule has 0 aliphatic rings. The van der Waals surface area contributed by atoms with Gasteiger partial charge in [0.2, 0.25) is 0 Å². The normalized spacial score (nSPS) is 11.5. The minimum atomic E-state index is -3.99. The Bertz CT molecular complexity index is 3540. The molecule has 8 aromatic heterocycles. The molecule has 0 saturated heterocycles. The molecule has 0 unspecified atom stereocenters. The predicted molar refractivity (Wildman–Crippen MR) is 254 cm³/mol. The number of aromatic nitrogens is 8. The summed E-state index contributed by atoms with van der Waals surface area (Å²) in [6.07, 6.45) is 9.39. The molecular formula is C40H27BCl2IN8O8S4. The first-order valence-electron chi connectivity index (χ1n) is 18.2. The summed E-state index contributed by atoms with van der Waals surface area (Å²) < 4.78 is 71.2. The number of thiophene rings is 2. The molecule has 64 heavy (non-hydrogen) atoms. The van der Waals surface area contributed by atoms with E-state index in [1.165, 1.54) is 48.0 Å². The second kappa shape index (κ2) is 18.9. The number of aryl methyl sites for hydroxylation is 2. The fraction of sp³-hybridized carbons (Fsp3) is 0.0500. The SMILES string of the molecule is Cc1ccc(S(=O)(=O)Oc2cncc3cc(-c4cnc5ccc(Cl)nn45)sc23)cc1.Cc1ccc(S(=O)(=O)Oc2cncc3cc(O[B]O)sc23)cc1.Clc1ccc2ncc(I)n2n1. The Labute approximate surface area is 396 Å². The largest absolute Gasteiger partial charge is 0.569 e. The summed E-state index contributed by atoms with van der Waals surface area (Å²) in [5, 5.41) is 19.7. The number of fused-ring (bicyclic) bond motifs is 4. The van der Waals surface area contributed by atoms with E-state index >= 15 is 0 Å². The minimum absolute atomic E-state index is 0.0665. The monoisotopic (exact) mass is 1080 g/mol. The summed E-state index contributed by atoms with van der Waals surface area (Å²) >= 11 is 16.4. The Morgan fingerprint density at radius 3 is 1.70 bits per heavy atom. The van der Waals surface area contributed by atoms with Crippen LogP contribution in [0.3, 0.4) is 0 Å². The van der Waals surface area contributed by atoms with Crippen LogP contribution in [0.4, 0.5) is 0 Å². The van der Waals surface area contributed by atoms with Crippen molar-refractivity contribution in [1.29, 1.82) is 0 Å². The molecule has 10 aromatic rings. The smallest absolute Gasteiger partial charge is 0.530 e. The molecule has 16 nitrogen and oxygen atoms in total. The summed E-state index contributed by atoms with van der Waals surface area (Å²) in [5.41, 5.74) is 4.12. The molecule has 0 bridgehead atoms. The Kier molecular flexibility index (Phi) is 13.4. The molecule has 0 saturated carbocycles. The number of hydrogen-bond acceptors (Lipinski definition) is 16. The molecule has 0 fully saturated rings. The van der Waals surface area contributed by atoms with Crippen LogP contribution in [0.25, 0.3) is 42.0 Å². The van der Waals surface area contributed by atoms with Crippen LogP contribution in [0.15, 0.2) is 132 Å². The lowest BCUT2D eigenvalue weighted by Gasteiger charge is -2.07. The fourth-order valence-corrected chi connectivity index (χ4v) is 10.5. The third-order valence-electron chi connectivity index (χ3n) is 8.81. The lowest BCUT2D eigenvalue weighted by Crippen LogP contribution is -2.09. The number of nitrogens with zero attached hydrogens (tertiary/aromatic N) is 8. The number of pyridine rings is 2. The highest BCUT2D eigenvalue weighted by Crippen LogP contribution is 2.40. The van der Waals surface area contributed by atoms with E-state index in [-0.39, 0.29) is 21.3 Å². The minimum Gasteiger partial charge on any atom is -0.530 e. The molecule has 0 aliphatic carbocycles. The zero-order chi connectivity index (χ0) is 45.2. The molecule has 2 aromatic carbocycles. The summed E-state index contributed by atoms with van der Waals surface area (Å²) in [6, 6.07) is 23.4. The zero-order valence-corrected chi connectivity index (χ0v) is 39.7. The second-order valence-electron chi connectivity index (χ2n) is 13.3. The van der Waals surface area contributed by atoms with Crippen LogP contribution in [0.5, 0.6) is 16.6 Å². The summed E-state index contributed by atoms with van der Waals surface area (Å²) in [4.78, 5) is 17.5. The van der Waals surface area contributed by atoms with E-state index in [9.17, 15) is 16.8 Å². The van der Waals surface area contributed by atoms with E-state index in [0.717, 1.165) is 47.8 Å². The number of halogens is 3. The molecule has 24 heteroatoms. The number of hydrogen-bond donors (Lipinski definition) is 1. The van der Waals surface area contributed by atoms with Gasteiger partial charge in [0.25, 0.3) is 0 Å². The van der Waals surface area contributed by atoms with Crippen LogP contribution in [0.1, 0.15) is 11.1 Å². The fourth-order valence-electron chi connectivity index (χ4n) is 5.79. The van der Waals surface area contributed by atoms with Gasteiger partial charge in [-0.05, 0) is 97.1 Å². The van der Waals surface area contributed by atoms with E-state index < -0.39 is 20.2 Å². The Morgan fingerprint density at radius 1 is 0.641 bits per heavy atom. The van der Waals surface area contributed by atoms with Gasteiger partial charge in [-0.2, -0.15) is 27.0 Å². The first kappa shape index (κ1) is 45.1. The lowest BCUT2D eigenvalue weighted by atomic mass is 10.2. The van der Waals surface area contributed by atoms with Gasteiger partial charge in [0.15, 0.2) is 27.9 Å². The van der Waals surface area contributed by atoms with Crippen LogP contribution in [0, 0.1) is 17.5 Å². The third kappa shape index (κ3) is 10.1. The van der Waals surface area contributed by atoms with Gasteiger partial charge in [-0.25, -0.2) is 19.0 Å². The molecule has 0 aliphatic heterocycles. The van der Waals surface area contributed by atoms with Crippen molar-refractivity contribution in [2.45, 2.75) is 23.6 Å². The van der Waals surface area contributed by atoms with Gasteiger partial charge >= 0.3 is 27.9 Å². The van der Waals surface area contributed by atoms with Crippen molar-refractivity contribution in [2.75, 3.05) is 0 Å². The van der Waals surface area contributed by atoms with Crippen molar-refractivity contribution in [3.05, 3.63) is 147 Å². The van der Waals surface area contributed by atoms with E-state index in [1.807, 2.05) is 26.0 Å². The van der Waals surface area contributed by atoms with E-state index in [4.69, 9.17) is 41.2 Å². The number of benzene rings is 2. The van der Waals surface area contributed by atoms with Gasteiger partial charge in [0.05, 0.1) is 39.1 Å². The average molecular weight is 1080 g/mol. The van der Waals surface area contributed by atoms with Crippen LogP contribution in [-0.2, 0) is 20.2 Å². The first-order chi connectivity index (χ1) is 30.7. The lowest BCUT2D eigenvalue weighted by molar-refractivity contribution is 0.461. The zero-order valence-electron chi connectivity index (χ0n) is 32.8. The molecule has 0 amide bonds. The number of imidazole rings is 2. The van der Waals surface area contributed by atoms with Crippen molar-refractivity contribution >= 4 is 128 Å². The van der Waals surface area contributed by atoms with Crippen LogP contribution < -0.4 is 13.0 Å². The summed E-state index contributed by atoms with van der Waals surface area (Å²) in [7, 11) is -7.39. The molecule has 1 radical (unpaired) electrons. The van der Waals surface area contributed by atoms with Crippen molar-refractivity contribution in [3.63, 3.8) is 0 Å².